The highest BCUT2D eigenvalue weighted by molar-refractivity contribution is 6.42. The Kier molecular flexibility index (Phi) is 6.50. The highest BCUT2D eigenvalue weighted by Gasteiger charge is 2.23. The molecule has 0 aromatic heterocycles. The zero-order chi connectivity index (χ0) is 16.8. The van der Waals surface area contributed by atoms with Crippen molar-refractivity contribution in [3.63, 3.8) is 0 Å². The number of nitrogens with one attached hydrogen (secondary N) is 1. The Bertz CT molecular complexity index is 575. The maximum Gasteiger partial charge on any atom is 0.409 e. The summed E-state index contributed by atoms with van der Waals surface area (Å²) in [7, 11) is 0. The van der Waals surface area contributed by atoms with Crippen molar-refractivity contribution < 1.29 is 14.3 Å². The van der Waals surface area contributed by atoms with Crippen LogP contribution < -0.4 is 5.32 Å². The molecule has 6 nitrogen and oxygen atoms in total. The van der Waals surface area contributed by atoms with E-state index in [0.29, 0.717) is 48.5 Å². The topological polar surface area (TPSA) is 61.9 Å². The minimum Gasteiger partial charge on any atom is -0.450 e. The molecule has 1 aliphatic heterocycles. The minimum absolute atomic E-state index is 0.132. The van der Waals surface area contributed by atoms with Gasteiger partial charge in [-0.1, -0.05) is 23.2 Å². The molecule has 23 heavy (non-hydrogen) atoms. The SMILES string of the molecule is CCOC(=O)N1CCN(CC(=O)Nc2ccc(Cl)c(Cl)c2)CC1. The molecule has 126 valence electrons. The molecule has 0 spiro atoms. The first-order valence-electron chi connectivity index (χ1n) is 7.38. The van der Waals surface area contributed by atoms with Crippen LogP contribution in [-0.2, 0) is 9.53 Å². The van der Waals surface area contributed by atoms with Gasteiger partial charge in [-0.3, -0.25) is 9.69 Å². The number of carbonyl (C=O) groups excluding carboxylic acids is 2. The van der Waals surface area contributed by atoms with E-state index in [1.165, 1.54) is 0 Å². The van der Waals surface area contributed by atoms with Crippen LogP contribution in [0.3, 0.4) is 0 Å². The van der Waals surface area contributed by atoms with E-state index in [4.69, 9.17) is 27.9 Å². The van der Waals surface area contributed by atoms with Crippen molar-refractivity contribution in [2.45, 2.75) is 6.92 Å². The van der Waals surface area contributed by atoms with Crippen molar-refractivity contribution in [2.24, 2.45) is 0 Å². The molecule has 1 N–H and O–H groups in total. The molecule has 1 fully saturated rings. The summed E-state index contributed by atoms with van der Waals surface area (Å²) in [5.41, 5.74) is 0.606. The number of halogens is 2. The molecule has 1 aliphatic rings. The Morgan fingerprint density at radius 2 is 1.87 bits per heavy atom. The molecule has 0 radical (unpaired) electrons. The summed E-state index contributed by atoms with van der Waals surface area (Å²) in [5, 5.41) is 3.62. The molecular weight excluding hydrogens is 341 g/mol. The molecule has 1 heterocycles. The van der Waals surface area contributed by atoms with Crippen molar-refractivity contribution in [3.8, 4) is 0 Å². The average Bonchev–Trinajstić information content (AvgIpc) is 2.52. The van der Waals surface area contributed by atoms with Gasteiger partial charge in [-0.15, -0.1) is 0 Å². The molecule has 2 rings (SSSR count). The highest BCUT2D eigenvalue weighted by atomic mass is 35.5. The number of hydrogen-bond donors (Lipinski definition) is 1. The van der Waals surface area contributed by atoms with E-state index in [0.717, 1.165) is 0 Å². The predicted octanol–water partition coefficient (Wildman–Crippen LogP) is 2.71. The number of rotatable bonds is 4. The van der Waals surface area contributed by atoms with E-state index in [1.54, 1.807) is 30.0 Å². The summed E-state index contributed by atoms with van der Waals surface area (Å²) in [6, 6.07) is 4.95. The smallest absolute Gasteiger partial charge is 0.409 e. The first-order valence-corrected chi connectivity index (χ1v) is 8.14. The maximum absolute atomic E-state index is 12.1. The number of amides is 2. The van der Waals surface area contributed by atoms with Gasteiger partial charge in [0.05, 0.1) is 23.2 Å². The fourth-order valence-corrected chi connectivity index (χ4v) is 2.58. The second-order valence-electron chi connectivity index (χ2n) is 5.14. The Morgan fingerprint density at radius 3 is 2.48 bits per heavy atom. The number of piperazine rings is 1. The Balaban J connectivity index is 1.78. The van der Waals surface area contributed by atoms with Crippen LogP contribution in [0, 0.1) is 0 Å². The second-order valence-corrected chi connectivity index (χ2v) is 5.95. The normalized spacial score (nSPS) is 15.3. The zero-order valence-electron chi connectivity index (χ0n) is 12.8. The zero-order valence-corrected chi connectivity index (χ0v) is 14.4. The van der Waals surface area contributed by atoms with Crippen molar-refractivity contribution in [2.75, 3.05) is 44.6 Å². The summed E-state index contributed by atoms with van der Waals surface area (Å²) in [6.45, 7) is 4.78. The molecular formula is C15H19Cl2N3O3. The lowest BCUT2D eigenvalue weighted by atomic mass is 10.3. The maximum atomic E-state index is 12.1. The van der Waals surface area contributed by atoms with Crippen LogP contribution in [0.2, 0.25) is 10.0 Å². The summed E-state index contributed by atoms with van der Waals surface area (Å²) < 4.78 is 4.96. The van der Waals surface area contributed by atoms with Crippen LogP contribution in [0.4, 0.5) is 10.5 Å². The molecule has 1 saturated heterocycles. The van der Waals surface area contributed by atoms with Crippen LogP contribution in [0.5, 0.6) is 0 Å². The van der Waals surface area contributed by atoms with Gasteiger partial charge in [-0.25, -0.2) is 4.79 Å². The number of anilines is 1. The lowest BCUT2D eigenvalue weighted by molar-refractivity contribution is -0.117. The van der Waals surface area contributed by atoms with E-state index in [-0.39, 0.29) is 18.5 Å². The van der Waals surface area contributed by atoms with Gasteiger partial charge < -0.3 is 15.0 Å². The van der Waals surface area contributed by atoms with Gasteiger partial charge in [-0.2, -0.15) is 0 Å². The summed E-state index contributed by atoms with van der Waals surface area (Å²) >= 11 is 11.8. The summed E-state index contributed by atoms with van der Waals surface area (Å²) in [6.07, 6.45) is -0.299. The molecule has 0 bridgehead atoms. The van der Waals surface area contributed by atoms with E-state index in [9.17, 15) is 9.59 Å². The number of carbonyl (C=O) groups is 2. The molecule has 1 aromatic carbocycles. The predicted molar refractivity (Wildman–Crippen MR) is 90.1 cm³/mol. The standard InChI is InChI=1S/C15H19Cl2N3O3/c1-2-23-15(22)20-7-5-19(6-8-20)10-14(21)18-11-3-4-12(16)13(17)9-11/h3-4,9H,2,5-8,10H2,1H3,(H,18,21). The fourth-order valence-electron chi connectivity index (χ4n) is 2.28. The third-order valence-corrected chi connectivity index (χ3v) is 4.21. The van der Waals surface area contributed by atoms with Crippen LogP contribution >= 0.6 is 23.2 Å². The van der Waals surface area contributed by atoms with Gasteiger partial charge in [0.2, 0.25) is 5.91 Å². The van der Waals surface area contributed by atoms with Crippen LogP contribution in [0.15, 0.2) is 18.2 Å². The van der Waals surface area contributed by atoms with Crippen molar-refractivity contribution in [1.29, 1.82) is 0 Å². The number of benzene rings is 1. The third kappa shape index (κ3) is 5.27. The van der Waals surface area contributed by atoms with E-state index >= 15 is 0 Å². The summed E-state index contributed by atoms with van der Waals surface area (Å²) in [5.74, 6) is -0.132. The van der Waals surface area contributed by atoms with Gasteiger partial charge in [0.1, 0.15) is 0 Å². The highest BCUT2D eigenvalue weighted by Crippen LogP contribution is 2.24. The molecule has 2 amide bonds. The number of ether oxygens (including phenoxy) is 1. The largest absolute Gasteiger partial charge is 0.450 e. The van der Waals surface area contributed by atoms with E-state index in [2.05, 4.69) is 5.32 Å². The average molecular weight is 360 g/mol. The quantitative estimate of drug-likeness (QED) is 0.897. The van der Waals surface area contributed by atoms with Crippen LogP contribution in [0.25, 0.3) is 0 Å². The van der Waals surface area contributed by atoms with Gasteiger partial charge in [0.25, 0.3) is 0 Å². The lowest BCUT2D eigenvalue weighted by Gasteiger charge is -2.33. The first kappa shape index (κ1) is 17.8. The van der Waals surface area contributed by atoms with Crippen LogP contribution in [-0.4, -0.2) is 61.1 Å². The first-order chi connectivity index (χ1) is 11.0. The van der Waals surface area contributed by atoms with Crippen molar-refractivity contribution >= 4 is 40.9 Å². The molecule has 1 aromatic rings. The fraction of sp³-hybridized carbons (Fsp3) is 0.467. The third-order valence-electron chi connectivity index (χ3n) is 3.47. The Labute approximate surface area is 145 Å². The lowest BCUT2D eigenvalue weighted by Crippen LogP contribution is -2.50. The van der Waals surface area contributed by atoms with E-state index < -0.39 is 0 Å². The summed E-state index contributed by atoms with van der Waals surface area (Å²) in [4.78, 5) is 27.3. The van der Waals surface area contributed by atoms with Gasteiger partial charge in [0, 0.05) is 31.9 Å². The van der Waals surface area contributed by atoms with Gasteiger partial charge >= 0.3 is 6.09 Å². The van der Waals surface area contributed by atoms with Gasteiger partial charge in [-0.05, 0) is 25.1 Å². The Morgan fingerprint density at radius 1 is 1.17 bits per heavy atom. The molecule has 8 heteroatoms. The second kappa shape index (κ2) is 8.38. The number of hydrogen-bond acceptors (Lipinski definition) is 4. The van der Waals surface area contributed by atoms with E-state index in [1.807, 2.05) is 4.90 Å². The monoisotopic (exact) mass is 359 g/mol. The van der Waals surface area contributed by atoms with Crippen LogP contribution in [0.1, 0.15) is 6.92 Å². The number of nitrogens with zero attached hydrogens (tertiary/aromatic N) is 2. The Hall–Kier alpha value is -1.50. The van der Waals surface area contributed by atoms with Crippen molar-refractivity contribution in [1.82, 2.24) is 9.80 Å². The molecule has 0 atom stereocenters. The molecule has 0 aliphatic carbocycles. The molecule has 0 unspecified atom stereocenters. The molecule has 0 saturated carbocycles. The van der Waals surface area contributed by atoms with Crippen molar-refractivity contribution in [3.05, 3.63) is 28.2 Å². The van der Waals surface area contributed by atoms with Gasteiger partial charge in [0.15, 0.2) is 0 Å². The minimum atomic E-state index is -0.299.